The van der Waals surface area contributed by atoms with Gasteiger partial charge in [-0.1, -0.05) is 12.1 Å². The summed E-state index contributed by atoms with van der Waals surface area (Å²) in [4.78, 5) is 34.4. The highest BCUT2D eigenvalue weighted by atomic mass is 32.2. The number of alkyl halides is 3. The minimum Gasteiger partial charge on any atom is -0.444 e. The van der Waals surface area contributed by atoms with Crippen molar-refractivity contribution in [3.8, 4) is 11.1 Å². The van der Waals surface area contributed by atoms with Crippen LogP contribution >= 0.6 is 11.8 Å². The number of piperazine rings is 1. The molecule has 0 spiro atoms. The van der Waals surface area contributed by atoms with Crippen LogP contribution in [0, 0.1) is 5.82 Å². The van der Waals surface area contributed by atoms with Crippen LogP contribution in [0.4, 0.5) is 28.2 Å². The van der Waals surface area contributed by atoms with E-state index in [2.05, 4.69) is 4.98 Å². The van der Waals surface area contributed by atoms with Crippen molar-refractivity contribution in [2.45, 2.75) is 76.3 Å². The number of benzene rings is 2. The van der Waals surface area contributed by atoms with Crippen LogP contribution in [-0.2, 0) is 17.5 Å². The SMILES string of the molecule is CC1CN(c2nc(=O)n3c4c(c(-c5ccc(F)cc5)c(C(F)(F)F)cc24)SCCC3)CC(C)N1C(=O)OC(C)(C)C. The minimum absolute atomic E-state index is 0.0707. The number of hydrogen-bond acceptors (Lipinski definition) is 6. The van der Waals surface area contributed by atoms with Gasteiger partial charge in [-0.3, -0.25) is 9.47 Å². The minimum atomic E-state index is -4.73. The number of amides is 1. The summed E-state index contributed by atoms with van der Waals surface area (Å²) in [6.45, 7) is 9.82. The lowest BCUT2D eigenvalue weighted by Crippen LogP contribution is -2.59. The smallest absolute Gasteiger partial charge is 0.417 e. The van der Waals surface area contributed by atoms with Crippen molar-refractivity contribution in [2.75, 3.05) is 23.7 Å². The van der Waals surface area contributed by atoms with E-state index in [0.29, 0.717) is 29.1 Å². The van der Waals surface area contributed by atoms with Gasteiger partial charge in [0.25, 0.3) is 0 Å². The van der Waals surface area contributed by atoms with Crippen molar-refractivity contribution in [3.63, 3.8) is 0 Å². The molecule has 2 atom stereocenters. The van der Waals surface area contributed by atoms with Crippen molar-refractivity contribution < 1.29 is 27.1 Å². The Hall–Kier alpha value is -3.28. The molecular weight excluding hydrogens is 560 g/mol. The summed E-state index contributed by atoms with van der Waals surface area (Å²) in [5, 5.41) is 0.220. The zero-order chi connectivity index (χ0) is 29.9. The summed E-state index contributed by atoms with van der Waals surface area (Å²) in [5.74, 6) is 0.103. The number of anilines is 1. The lowest BCUT2D eigenvalue weighted by Gasteiger charge is -2.45. The molecule has 1 saturated heterocycles. The quantitative estimate of drug-likeness (QED) is 0.315. The standard InChI is InChI=1S/C29H32F4N4O3S/c1-16-14-35(15-17(2)37(16)27(39)40-28(3,4)5)25-20-13-21(29(31,32)33)22(18-7-9-19(30)10-8-18)24-23(20)36(26(38)34-25)11-6-12-41-24/h7-10,13,16-17H,6,11-12,14-15H2,1-5H3. The van der Waals surface area contributed by atoms with Gasteiger partial charge >= 0.3 is 18.0 Å². The average Bonchev–Trinajstić information content (AvgIpc) is 3.08. The van der Waals surface area contributed by atoms with Crippen LogP contribution in [0.5, 0.6) is 0 Å². The van der Waals surface area contributed by atoms with Crippen molar-refractivity contribution in [2.24, 2.45) is 0 Å². The zero-order valence-electron chi connectivity index (χ0n) is 23.5. The van der Waals surface area contributed by atoms with Gasteiger partial charge in [-0.2, -0.15) is 18.2 Å². The number of carbonyl (C=O) groups excluding carboxylic acids is 1. The molecule has 1 amide bonds. The van der Waals surface area contributed by atoms with E-state index in [1.807, 2.05) is 13.8 Å². The van der Waals surface area contributed by atoms with Gasteiger partial charge in [0, 0.05) is 35.5 Å². The van der Waals surface area contributed by atoms with Gasteiger partial charge in [-0.15, -0.1) is 11.8 Å². The van der Waals surface area contributed by atoms with Gasteiger partial charge < -0.3 is 9.64 Å². The molecule has 0 aliphatic carbocycles. The van der Waals surface area contributed by atoms with E-state index >= 15 is 0 Å². The lowest BCUT2D eigenvalue weighted by molar-refractivity contribution is -0.137. The van der Waals surface area contributed by atoms with Crippen LogP contribution in [0.15, 0.2) is 40.0 Å². The molecule has 2 aromatic carbocycles. The summed E-state index contributed by atoms with van der Waals surface area (Å²) in [6, 6.07) is 5.26. The van der Waals surface area contributed by atoms with Crippen molar-refractivity contribution in [3.05, 3.63) is 52.2 Å². The molecule has 0 N–H and O–H groups in total. The molecule has 5 rings (SSSR count). The first-order valence-electron chi connectivity index (χ1n) is 13.5. The van der Waals surface area contributed by atoms with E-state index in [1.54, 1.807) is 30.6 Å². The van der Waals surface area contributed by atoms with Crippen LogP contribution < -0.4 is 10.6 Å². The van der Waals surface area contributed by atoms with Crippen LogP contribution in [0.25, 0.3) is 22.0 Å². The van der Waals surface area contributed by atoms with Crippen LogP contribution in [0.2, 0.25) is 0 Å². The van der Waals surface area contributed by atoms with Crippen molar-refractivity contribution in [1.82, 2.24) is 14.5 Å². The molecular formula is C29H32F4N4O3S. The number of aryl methyl sites for hydroxylation is 1. The van der Waals surface area contributed by atoms with E-state index in [4.69, 9.17) is 4.74 Å². The van der Waals surface area contributed by atoms with Crippen LogP contribution in [0.3, 0.4) is 0 Å². The molecule has 220 valence electrons. The Morgan fingerprint density at radius 2 is 1.71 bits per heavy atom. The number of rotatable bonds is 2. The molecule has 0 bridgehead atoms. The number of aromatic nitrogens is 2. The van der Waals surface area contributed by atoms with E-state index < -0.39 is 34.9 Å². The summed E-state index contributed by atoms with van der Waals surface area (Å²) in [5.41, 5.74) is -1.57. The van der Waals surface area contributed by atoms with Crippen LogP contribution in [0.1, 0.15) is 46.6 Å². The molecule has 0 radical (unpaired) electrons. The highest BCUT2D eigenvalue weighted by Gasteiger charge is 2.40. The average molecular weight is 593 g/mol. The Balaban J connectivity index is 1.70. The fraction of sp³-hybridized carbons (Fsp3) is 0.483. The van der Waals surface area contributed by atoms with Crippen molar-refractivity contribution in [1.29, 1.82) is 0 Å². The molecule has 3 aromatic rings. The summed E-state index contributed by atoms with van der Waals surface area (Å²) < 4.78 is 64.8. The predicted octanol–water partition coefficient (Wildman–Crippen LogP) is 6.55. The molecule has 1 aromatic heterocycles. The van der Waals surface area contributed by atoms with E-state index in [1.165, 1.54) is 28.5 Å². The number of thioether (sulfide) groups is 1. The molecule has 2 aliphatic heterocycles. The highest BCUT2D eigenvalue weighted by Crippen LogP contribution is 2.48. The first kappa shape index (κ1) is 29.2. The van der Waals surface area contributed by atoms with Gasteiger partial charge in [-0.05, 0) is 70.6 Å². The van der Waals surface area contributed by atoms with E-state index in [-0.39, 0.29) is 47.5 Å². The third kappa shape index (κ3) is 5.62. The fourth-order valence-electron chi connectivity index (χ4n) is 5.68. The molecule has 2 aliphatic rings. The molecule has 3 heterocycles. The fourth-order valence-corrected chi connectivity index (χ4v) is 6.88. The van der Waals surface area contributed by atoms with Gasteiger partial charge in [0.2, 0.25) is 0 Å². The van der Waals surface area contributed by atoms with Gasteiger partial charge in [0.1, 0.15) is 17.2 Å². The first-order valence-corrected chi connectivity index (χ1v) is 14.5. The van der Waals surface area contributed by atoms with Gasteiger partial charge in [0.15, 0.2) is 0 Å². The van der Waals surface area contributed by atoms with Crippen molar-refractivity contribution >= 4 is 34.6 Å². The molecule has 7 nitrogen and oxygen atoms in total. The second-order valence-corrected chi connectivity index (χ2v) is 12.7. The highest BCUT2D eigenvalue weighted by molar-refractivity contribution is 7.99. The zero-order valence-corrected chi connectivity index (χ0v) is 24.3. The largest absolute Gasteiger partial charge is 0.444 e. The molecule has 41 heavy (non-hydrogen) atoms. The molecule has 2 unspecified atom stereocenters. The van der Waals surface area contributed by atoms with Crippen LogP contribution in [-0.4, -0.2) is 57.1 Å². The predicted molar refractivity (Wildman–Crippen MR) is 151 cm³/mol. The van der Waals surface area contributed by atoms with E-state index in [0.717, 1.165) is 18.2 Å². The molecule has 1 fully saturated rings. The van der Waals surface area contributed by atoms with E-state index in [9.17, 15) is 27.2 Å². The first-order chi connectivity index (χ1) is 19.2. The second-order valence-electron chi connectivity index (χ2n) is 11.6. The monoisotopic (exact) mass is 592 g/mol. The summed E-state index contributed by atoms with van der Waals surface area (Å²) in [6.07, 6.45) is -4.63. The number of halogens is 4. The second kappa shape index (κ2) is 10.5. The Kier molecular flexibility index (Phi) is 7.50. The summed E-state index contributed by atoms with van der Waals surface area (Å²) >= 11 is 1.26. The maximum atomic E-state index is 14.7. The Bertz CT molecular complexity index is 1540. The number of hydrogen-bond donors (Lipinski definition) is 0. The Morgan fingerprint density at radius 1 is 1.07 bits per heavy atom. The Morgan fingerprint density at radius 3 is 2.29 bits per heavy atom. The summed E-state index contributed by atoms with van der Waals surface area (Å²) in [7, 11) is 0. The number of ether oxygens (including phenoxy) is 1. The lowest BCUT2D eigenvalue weighted by atomic mass is 9.96. The maximum absolute atomic E-state index is 14.7. The molecule has 12 heteroatoms. The number of nitrogens with zero attached hydrogens (tertiary/aromatic N) is 4. The number of carbonyl (C=O) groups is 1. The van der Waals surface area contributed by atoms with Gasteiger partial charge in [-0.25, -0.2) is 14.0 Å². The third-order valence-corrected chi connectivity index (χ3v) is 8.41. The maximum Gasteiger partial charge on any atom is 0.417 e. The normalized spacial score (nSPS) is 19.8. The van der Waals surface area contributed by atoms with Gasteiger partial charge in [0.05, 0.1) is 23.2 Å². The third-order valence-electron chi connectivity index (χ3n) is 7.23. The topological polar surface area (TPSA) is 67.7 Å². The Labute approximate surface area is 239 Å². The molecule has 0 saturated carbocycles.